The molecule has 23 heteroatoms. The molecule has 4 N–H and O–H groups in total. The van der Waals surface area contributed by atoms with E-state index in [0.29, 0.717) is 67.0 Å². The van der Waals surface area contributed by atoms with Crippen LogP contribution in [0.2, 0.25) is 0 Å². The maximum atomic E-state index is 14.6. The lowest BCUT2D eigenvalue weighted by molar-refractivity contribution is -0.141. The summed E-state index contributed by atoms with van der Waals surface area (Å²) in [6, 6.07) is 33.8. The van der Waals surface area contributed by atoms with Crippen LogP contribution >= 0.6 is 23.1 Å². The highest BCUT2D eigenvalue weighted by Gasteiger charge is 2.42. The number of carboxylic acids is 1. The molecule has 2 atom stereocenters. The zero-order valence-electron chi connectivity index (χ0n) is 38.7. The van der Waals surface area contributed by atoms with Crippen LogP contribution in [0.4, 0.5) is 4.39 Å². The second-order valence-electron chi connectivity index (χ2n) is 16.1. The van der Waals surface area contributed by atoms with Crippen LogP contribution < -0.4 is 29.0 Å². The number of aliphatic carboxylic acids is 1. The Balaban J connectivity index is 0.871. The predicted octanol–water partition coefficient (Wildman–Crippen LogP) is 5.93. The zero-order chi connectivity index (χ0) is 50.7. The van der Waals surface area contributed by atoms with Crippen LogP contribution in [0.25, 0.3) is 10.2 Å². The second kappa shape index (κ2) is 23.2. The topological polar surface area (TPSA) is 244 Å². The first-order valence-electron chi connectivity index (χ1n) is 22.1. The van der Waals surface area contributed by atoms with Crippen LogP contribution in [0.15, 0.2) is 138 Å². The third-order valence-electron chi connectivity index (χ3n) is 11.2. The number of hydrogen-bond acceptors (Lipinski definition) is 16. The van der Waals surface area contributed by atoms with Crippen molar-refractivity contribution in [1.82, 2.24) is 45.0 Å². The number of benzene rings is 5. The number of alkyl halides is 1. The lowest BCUT2D eigenvalue weighted by Crippen LogP contribution is -2.47. The minimum atomic E-state index is -4.33. The Kier molecular flexibility index (Phi) is 16.4. The van der Waals surface area contributed by atoms with Gasteiger partial charge in [-0.05, 0) is 76.9 Å². The molecule has 0 bridgehead atoms. The summed E-state index contributed by atoms with van der Waals surface area (Å²) < 4.78 is 70.9. The third-order valence-corrected chi connectivity index (χ3v) is 15.1. The average molecular weight is 1040 g/mol. The van der Waals surface area contributed by atoms with E-state index >= 15 is 0 Å². The monoisotopic (exact) mass is 1040 g/mol. The maximum absolute atomic E-state index is 14.6. The van der Waals surface area contributed by atoms with Gasteiger partial charge >= 0.3 is 5.97 Å². The van der Waals surface area contributed by atoms with Gasteiger partial charge in [0, 0.05) is 11.5 Å². The van der Waals surface area contributed by atoms with E-state index in [9.17, 15) is 32.6 Å². The molecule has 0 fully saturated rings. The quantitative estimate of drug-likeness (QED) is 0.0485. The highest BCUT2D eigenvalue weighted by molar-refractivity contribution is 7.98. The molecule has 8 rings (SSSR count). The van der Waals surface area contributed by atoms with Crippen LogP contribution in [0.1, 0.15) is 39.7 Å². The molecule has 0 aliphatic carbocycles. The number of fused-ring (bicyclic) bond motifs is 1. The number of rotatable bonds is 25. The van der Waals surface area contributed by atoms with E-state index in [-0.39, 0.29) is 29.9 Å². The normalized spacial score (nSPS) is 12.6. The molecule has 72 heavy (non-hydrogen) atoms. The summed E-state index contributed by atoms with van der Waals surface area (Å²) in [5.74, 6) is 0.846. The van der Waals surface area contributed by atoms with Crippen molar-refractivity contribution in [3.63, 3.8) is 0 Å². The van der Waals surface area contributed by atoms with Crippen molar-refractivity contribution in [2.45, 2.75) is 47.5 Å². The molecule has 0 aliphatic rings. The number of hydrogen-bond donors (Lipinski definition) is 4. The fourth-order valence-electron chi connectivity index (χ4n) is 7.52. The van der Waals surface area contributed by atoms with Gasteiger partial charge in [-0.1, -0.05) is 77.2 Å². The SMILES string of the molecule is COc1ccc(C(NS(=O)(=O)c2nc3ccc(OCc4cn(CC(=O)NC(CSCc5cccc(OCc6cn(C(CO)CF)nn6)c5)C(=O)O)nn4)cc3s2)(c2ccccc2)c2ccc(OC)cc2)cc1. The van der Waals surface area contributed by atoms with Gasteiger partial charge in [-0.15, -0.1) is 21.5 Å². The highest BCUT2D eigenvalue weighted by atomic mass is 32.2. The van der Waals surface area contributed by atoms with Crippen molar-refractivity contribution < 1.29 is 51.6 Å². The van der Waals surface area contributed by atoms with Gasteiger partial charge in [-0.3, -0.25) is 4.79 Å². The number of halogens is 1. The fourth-order valence-corrected chi connectivity index (χ4v) is 11.1. The van der Waals surface area contributed by atoms with Gasteiger partial charge in [0.15, 0.2) is 0 Å². The van der Waals surface area contributed by atoms with E-state index in [2.05, 4.69) is 35.6 Å². The lowest BCUT2D eigenvalue weighted by atomic mass is 9.78. The number of sulfonamides is 1. The highest BCUT2D eigenvalue weighted by Crippen LogP contribution is 2.40. The van der Waals surface area contributed by atoms with E-state index < -0.39 is 52.8 Å². The summed E-state index contributed by atoms with van der Waals surface area (Å²) in [5, 5.41) is 37.6. The molecule has 0 radical (unpaired) electrons. The van der Waals surface area contributed by atoms with Gasteiger partial charge in [-0.2, -0.15) is 16.5 Å². The van der Waals surface area contributed by atoms with Crippen molar-refractivity contribution >= 4 is 55.2 Å². The smallest absolute Gasteiger partial charge is 0.327 e. The first-order valence-corrected chi connectivity index (χ1v) is 25.5. The van der Waals surface area contributed by atoms with E-state index in [4.69, 9.17) is 18.9 Å². The number of aromatic nitrogens is 7. The summed E-state index contributed by atoms with van der Waals surface area (Å²) in [6.07, 6.45) is 3.01. The standard InChI is InChI=1S/C49H48FN9O10S3/c1-66-39-15-11-34(12-16-39)49(33-8-4-3-5-9-33,35-13-17-40(67-2)18-14-35)55-72(64,65)48-52-43-20-19-42(22-45(43)71-48)69-28-36-24-58(56-53-36)26-46(61)51-44(47(62)63)31-70-30-32-7-6-10-41(21-32)68-29-37-25-59(57-54-37)38(23-50)27-60/h3-22,24-25,38,44,55,60H,23,26-31H2,1-2H3,(H,51,61)(H,62,63). The summed E-state index contributed by atoms with van der Waals surface area (Å²) >= 11 is 2.29. The maximum Gasteiger partial charge on any atom is 0.327 e. The van der Waals surface area contributed by atoms with Crippen molar-refractivity contribution in [3.8, 4) is 23.0 Å². The molecule has 0 saturated carbocycles. The molecular formula is C49H48FN9O10S3. The molecule has 2 unspecified atom stereocenters. The lowest BCUT2D eigenvalue weighted by Gasteiger charge is -2.36. The first kappa shape index (κ1) is 50.9. The van der Waals surface area contributed by atoms with E-state index in [0.717, 1.165) is 16.9 Å². The summed E-state index contributed by atoms with van der Waals surface area (Å²) in [7, 11) is -1.21. The number of methoxy groups -OCH3 is 2. The number of thioether (sulfide) groups is 1. The van der Waals surface area contributed by atoms with Crippen LogP contribution in [0.5, 0.6) is 23.0 Å². The van der Waals surface area contributed by atoms with Crippen molar-refractivity contribution in [1.29, 1.82) is 0 Å². The zero-order valence-corrected chi connectivity index (χ0v) is 41.1. The van der Waals surface area contributed by atoms with Crippen molar-refractivity contribution in [3.05, 3.63) is 167 Å². The van der Waals surface area contributed by atoms with E-state index in [1.807, 2.05) is 60.7 Å². The predicted molar refractivity (Wildman–Crippen MR) is 265 cm³/mol. The van der Waals surface area contributed by atoms with Gasteiger partial charge in [0.2, 0.25) is 10.2 Å². The van der Waals surface area contributed by atoms with E-state index in [1.54, 1.807) is 74.9 Å². The number of ether oxygens (including phenoxy) is 4. The largest absolute Gasteiger partial charge is 0.497 e. The molecule has 5 aromatic carbocycles. The Morgan fingerprint density at radius 1 is 0.792 bits per heavy atom. The molecule has 0 aliphatic heterocycles. The molecule has 1 amide bonds. The second-order valence-corrected chi connectivity index (χ2v) is 20.0. The van der Waals surface area contributed by atoms with Gasteiger partial charge in [0.25, 0.3) is 10.0 Å². The minimum Gasteiger partial charge on any atom is -0.497 e. The fraction of sp³-hybridized carbons (Fsp3) is 0.245. The molecule has 3 aromatic heterocycles. The van der Waals surface area contributed by atoms with Gasteiger partial charge in [-0.25, -0.2) is 32.0 Å². The number of carbonyl (C=O) groups is 2. The average Bonchev–Trinajstić information content (AvgIpc) is 4.18. The number of aliphatic hydroxyl groups excluding tert-OH is 1. The van der Waals surface area contributed by atoms with Crippen molar-refractivity contribution in [2.75, 3.05) is 33.3 Å². The number of thiazole rings is 1. The number of amides is 1. The third kappa shape index (κ3) is 12.2. The molecular weight excluding hydrogens is 990 g/mol. The Morgan fingerprint density at radius 3 is 2.06 bits per heavy atom. The number of nitrogens with zero attached hydrogens (tertiary/aromatic N) is 7. The molecule has 19 nitrogen and oxygen atoms in total. The Hall–Kier alpha value is -7.44. The molecule has 8 aromatic rings. The number of nitrogens with one attached hydrogen (secondary N) is 2. The summed E-state index contributed by atoms with van der Waals surface area (Å²) in [6.45, 7) is -1.49. The van der Waals surface area contributed by atoms with Gasteiger partial charge in [0.1, 0.15) is 78.4 Å². The molecule has 0 spiro atoms. The minimum absolute atomic E-state index is 0.0459. The number of carboxylic acid groups (broad SMARTS) is 1. The van der Waals surface area contributed by atoms with Crippen LogP contribution in [0.3, 0.4) is 0 Å². The molecule has 3 heterocycles. The molecule has 0 saturated heterocycles. The number of aliphatic hydroxyl groups is 1. The first-order chi connectivity index (χ1) is 34.9. The van der Waals surface area contributed by atoms with Gasteiger partial charge < -0.3 is 34.5 Å². The summed E-state index contributed by atoms with van der Waals surface area (Å²) in [5.41, 5.74) is 2.63. The van der Waals surface area contributed by atoms with Crippen molar-refractivity contribution in [2.24, 2.45) is 0 Å². The van der Waals surface area contributed by atoms with Crippen LogP contribution in [0, 0.1) is 0 Å². The van der Waals surface area contributed by atoms with Gasteiger partial charge in [0.05, 0.1) is 43.4 Å². The Morgan fingerprint density at radius 2 is 1.42 bits per heavy atom. The van der Waals surface area contributed by atoms with Crippen LogP contribution in [-0.4, -0.2) is 105 Å². The molecule has 374 valence electrons. The Bertz CT molecular complexity index is 3160. The summed E-state index contributed by atoms with van der Waals surface area (Å²) in [4.78, 5) is 29.6. The Labute approximate surface area is 421 Å². The van der Waals surface area contributed by atoms with E-state index in [1.165, 1.54) is 33.5 Å². The number of carbonyl (C=O) groups excluding carboxylic acids is 1. The van der Waals surface area contributed by atoms with Crippen LogP contribution in [-0.2, 0) is 50.7 Å².